The maximum atomic E-state index is 11.5. The number of carboxylic acids is 2. The van der Waals surface area contributed by atoms with Crippen molar-refractivity contribution in [1.82, 2.24) is 5.32 Å². The van der Waals surface area contributed by atoms with Gasteiger partial charge >= 0.3 is 41.5 Å². The summed E-state index contributed by atoms with van der Waals surface area (Å²) in [5.41, 5.74) is -2.90. The van der Waals surface area contributed by atoms with Gasteiger partial charge in [-0.1, -0.05) is 6.58 Å². The number of amides is 1. The molecule has 9 nitrogen and oxygen atoms in total. The van der Waals surface area contributed by atoms with E-state index < -0.39 is 44.3 Å². The van der Waals surface area contributed by atoms with E-state index in [4.69, 9.17) is 10.2 Å². The zero-order valence-corrected chi connectivity index (χ0v) is 12.0. The fourth-order valence-corrected chi connectivity index (χ4v) is 3.03. The average molecular weight is 345 g/mol. The van der Waals surface area contributed by atoms with Crippen molar-refractivity contribution < 1.29 is 37.6 Å². The molecule has 0 aromatic heterocycles. The fraction of sp³-hybridized carbons (Fsp3) is 0.364. The zero-order valence-electron chi connectivity index (χ0n) is 11.2. The van der Waals surface area contributed by atoms with Crippen LogP contribution in [0.4, 0.5) is 0 Å². The third-order valence-electron chi connectivity index (χ3n) is 2.39. The van der Waals surface area contributed by atoms with Crippen molar-refractivity contribution in [3.05, 3.63) is 24.3 Å². The summed E-state index contributed by atoms with van der Waals surface area (Å²) in [6.45, 7) is 5.38. The standard InChI is InChI=1S/C11H15NO8S.Na.H/c1-4-7(13)12-11(2,3)9(21(18,19)20)6(10(16)17)5-8(14)15;;/h4-5,9H,1H2,2-3H3,(H,12,13)(H,14,15)(H,16,17)(H,18,19,20);;/b6-5-;;. The predicted octanol–water partition coefficient (Wildman–Crippen LogP) is -1.23. The molecule has 120 valence electrons. The number of hydrogen-bond donors (Lipinski definition) is 4. The van der Waals surface area contributed by atoms with E-state index in [1.165, 1.54) is 0 Å². The quantitative estimate of drug-likeness (QED) is 0.254. The van der Waals surface area contributed by atoms with Crippen molar-refractivity contribution in [2.45, 2.75) is 24.6 Å². The molecule has 0 aromatic rings. The summed E-state index contributed by atoms with van der Waals surface area (Å²) in [5, 5.41) is 17.5. The first-order valence-electron chi connectivity index (χ1n) is 5.41. The summed E-state index contributed by atoms with van der Waals surface area (Å²) in [4.78, 5) is 33.0. The minimum absolute atomic E-state index is 0. The third kappa shape index (κ3) is 6.71. The van der Waals surface area contributed by atoms with E-state index in [2.05, 4.69) is 11.9 Å². The van der Waals surface area contributed by atoms with Crippen molar-refractivity contribution in [3.63, 3.8) is 0 Å². The van der Waals surface area contributed by atoms with Crippen LogP contribution in [0, 0.1) is 0 Å². The van der Waals surface area contributed by atoms with Crippen LogP contribution in [0.25, 0.3) is 0 Å². The Morgan fingerprint density at radius 3 is 1.95 bits per heavy atom. The molecule has 22 heavy (non-hydrogen) atoms. The van der Waals surface area contributed by atoms with Gasteiger partial charge in [0.05, 0.1) is 11.1 Å². The molecular weight excluding hydrogens is 329 g/mol. The van der Waals surface area contributed by atoms with Gasteiger partial charge in [-0.2, -0.15) is 8.42 Å². The van der Waals surface area contributed by atoms with Crippen LogP contribution in [0.2, 0.25) is 0 Å². The molecule has 1 atom stereocenters. The van der Waals surface area contributed by atoms with Gasteiger partial charge in [-0.3, -0.25) is 9.35 Å². The van der Waals surface area contributed by atoms with Crippen LogP contribution in [-0.2, 0) is 24.5 Å². The molecule has 0 aromatic carbocycles. The molecule has 1 amide bonds. The van der Waals surface area contributed by atoms with Crippen LogP contribution in [0.1, 0.15) is 13.8 Å². The van der Waals surface area contributed by atoms with Gasteiger partial charge in [-0.05, 0) is 19.9 Å². The molecule has 0 fully saturated rings. The van der Waals surface area contributed by atoms with Crippen molar-refractivity contribution >= 4 is 57.5 Å². The molecule has 0 saturated heterocycles. The van der Waals surface area contributed by atoms with E-state index in [9.17, 15) is 27.4 Å². The summed E-state index contributed by atoms with van der Waals surface area (Å²) in [7, 11) is -5.03. The first kappa shape index (κ1) is 23.1. The van der Waals surface area contributed by atoms with Gasteiger partial charge in [0.25, 0.3) is 10.1 Å². The first-order valence-corrected chi connectivity index (χ1v) is 6.92. The number of rotatable bonds is 7. The summed E-state index contributed by atoms with van der Waals surface area (Å²) >= 11 is 0. The van der Waals surface area contributed by atoms with Gasteiger partial charge in [0, 0.05) is 6.08 Å². The van der Waals surface area contributed by atoms with Crippen LogP contribution in [0.5, 0.6) is 0 Å². The average Bonchev–Trinajstić information content (AvgIpc) is 2.24. The second-order valence-corrected chi connectivity index (χ2v) is 6.05. The molecule has 0 rings (SSSR count). The number of carboxylic acid groups (broad SMARTS) is 2. The van der Waals surface area contributed by atoms with Crippen LogP contribution < -0.4 is 5.32 Å². The molecule has 0 radical (unpaired) electrons. The topological polar surface area (TPSA) is 158 Å². The van der Waals surface area contributed by atoms with Crippen LogP contribution >= 0.6 is 0 Å². The van der Waals surface area contributed by atoms with Gasteiger partial charge in [-0.25, -0.2) is 9.59 Å². The molecule has 0 aliphatic heterocycles. The summed E-state index contributed by atoms with van der Waals surface area (Å²) in [6, 6.07) is 0. The predicted molar refractivity (Wildman–Crippen MR) is 78.3 cm³/mol. The van der Waals surface area contributed by atoms with Crippen molar-refractivity contribution in [2.75, 3.05) is 0 Å². The van der Waals surface area contributed by atoms with E-state index in [-0.39, 0.29) is 35.6 Å². The molecule has 0 bridgehead atoms. The Balaban J connectivity index is 0. The molecule has 0 saturated carbocycles. The summed E-state index contributed by atoms with van der Waals surface area (Å²) in [6.07, 6.45) is 0.951. The SMILES string of the molecule is C=CC(=O)NC(C)(C)C(/C(=C/C(=O)O)C(=O)O)S(=O)(=O)O.[NaH]. The monoisotopic (exact) mass is 345 g/mol. The Kier molecular flexibility index (Phi) is 8.85. The maximum absolute atomic E-state index is 11.5. The van der Waals surface area contributed by atoms with Gasteiger partial charge < -0.3 is 15.5 Å². The van der Waals surface area contributed by atoms with Crippen molar-refractivity contribution in [3.8, 4) is 0 Å². The Labute approximate surface area is 149 Å². The number of carbonyl (C=O) groups is 3. The Hall–Kier alpha value is -1.20. The molecular formula is C11H16NNaO8S. The third-order valence-corrected chi connectivity index (χ3v) is 3.83. The molecule has 11 heteroatoms. The van der Waals surface area contributed by atoms with Crippen LogP contribution in [0.15, 0.2) is 24.3 Å². The van der Waals surface area contributed by atoms with Crippen molar-refractivity contribution in [2.24, 2.45) is 0 Å². The fourth-order valence-electron chi connectivity index (χ4n) is 1.74. The second-order valence-electron chi connectivity index (χ2n) is 4.55. The molecule has 0 aliphatic rings. The van der Waals surface area contributed by atoms with E-state index in [0.717, 1.165) is 19.9 Å². The van der Waals surface area contributed by atoms with Crippen molar-refractivity contribution in [1.29, 1.82) is 0 Å². The van der Waals surface area contributed by atoms with E-state index in [1.54, 1.807) is 0 Å². The molecule has 0 heterocycles. The number of aliphatic carboxylic acids is 2. The van der Waals surface area contributed by atoms with E-state index >= 15 is 0 Å². The minimum atomic E-state index is -5.03. The summed E-state index contributed by atoms with van der Waals surface area (Å²) < 4.78 is 32.1. The van der Waals surface area contributed by atoms with Gasteiger partial charge in [-0.15, -0.1) is 0 Å². The normalized spacial score (nSPS) is 13.5. The van der Waals surface area contributed by atoms with E-state index in [0.29, 0.717) is 0 Å². The summed E-state index contributed by atoms with van der Waals surface area (Å²) in [5.74, 6) is -4.40. The Morgan fingerprint density at radius 2 is 1.68 bits per heavy atom. The number of hydrogen-bond acceptors (Lipinski definition) is 5. The van der Waals surface area contributed by atoms with Gasteiger partial charge in [0.15, 0.2) is 0 Å². The van der Waals surface area contributed by atoms with Gasteiger partial charge in [0.2, 0.25) is 5.91 Å². The second kappa shape index (κ2) is 8.44. The molecule has 0 aliphatic carbocycles. The first-order chi connectivity index (χ1) is 9.32. The van der Waals surface area contributed by atoms with Gasteiger partial charge in [0.1, 0.15) is 5.25 Å². The van der Waals surface area contributed by atoms with E-state index in [1.807, 2.05) is 0 Å². The molecule has 4 N–H and O–H groups in total. The number of carbonyl (C=O) groups excluding carboxylic acids is 1. The molecule has 1 unspecified atom stereocenters. The Morgan fingerprint density at radius 1 is 1.23 bits per heavy atom. The number of nitrogens with one attached hydrogen (secondary N) is 1. The molecule has 0 spiro atoms. The van der Waals surface area contributed by atoms with Crippen LogP contribution in [-0.4, -0.2) is 81.4 Å². The Bertz CT molecular complexity index is 608. The van der Waals surface area contributed by atoms with Crippen LogP contribution in [0.3, 0.4) is 0 Å². The zero-order chi connectivity index (χ0) is 17.0.